The molecule has 3 heterocycles. The summed E-state index contributed by atoms with van der Waals surface area (Å²) >= 11 is 1.62. The maximum Gasteiger partial charge on any atom is 0.141 e. The average molecular weight is 332 g/mol. The van der Waals surface area contributed by atoms with E-state index in [1.165, 1.54) is 0 Å². The van der Waals surface area contributed by atoms with Gasteiger partial charge in [0.2, 0.25) is 0 Å². The lowest BCUT2D eigenvalue weighted by Gasteiger charge is -2.41. The van der Waals surface area contributed by atoms with E-state index in [2.05, 4.69) is 20.9 Å². The highest BCUT2D eigenvalue weighted by Gasteiger charge is 2.56. The molecule has 8 heteroatoms. The Balaban J connectivity index is 1.74. The Kier molecular flexibility index (Phi) is 5.01. The summed E-state index contributed by atoms with van der Waals surface area (Å²) in [5.74, 6) is 1.09. The summed E-state index contributed by atoms with van der Waals surface area (Å²) in [6, 6.07) is 0. The maximum absolute atomic E-state index is 10.6. The van der Waals surface area contributed by atoms with E-state index in [0.29, 0.717) is 11.7 Å². The first kappa shape index (κ1) is 16.9. The first-order valence-corrected chi connectivity index (χ1v) is 9.34. The number of nitrogens with zero attached hydrogens (tertiary/aromatic N) is 1. The number of rotatable bonds is 4. The molecule has 0 saturated carbocycles. The number of aliphatic hydroxyl groups excluding tert-OH is 1. The maximum atomic E-state index is 10.6. The summed E-state index contributed by atoms with van der Waals surface area (Å²) in [6.45, 7) is 3.25. The average Bonchev–Trinajstić information content (AvgIpc) is 3.02. The van der Waals surface area contributed by atoms with Gasteiger partial charge in [-0.2, -0.15) is 11.8 Å². The minimum Gasteiger partial charge on any atom is -0.386 e. The molecule has 0 aromatic rings. The van der Waals surface area contributed by atoms with Crippen LogP contribution >= 0.6 is 11.8 Å². The molecular formula is C14H28N4O3S. The molecule has 128 valence electrons. The van der Waals surface area contributed by atoms with Crippen LogP contribution in [-0.4, -0.2) is 83.8 Å². The van der Waals surface area contributed by atoms with E-state index in [1.54, 1.807) is 18.7 Å². The van der Waals surface area contributed by atoms with Gasteiger partial charge in [0.25, 0.3) is 0 Å². The molecule has 0 bridgehead atoms. The van der Waals surface area contributed by atoms with E-state index in [1.807, 2.05) is 13.3 Å². The Bertz CT molecular complexity index is 400. The van der Waals surface area contributed by atoms with Gasteiger partial charge < -0.3 is 20.3 Å². The van der Waals surface area contributed by atoms with E-state index < -0.39 is 17.9 Å². The van der Waals surface area contributed by atoms with Crippen molar-refractivity contribution >= 4 is 11.8 Å². The van der Waals surface area contributed by atoms with Gasteiger partial charge >= 0.3 is 0 Å². The van der Waals surface area contributed by atoms with Crippen molar-refractivity contribution in [1.82, 2.24) is 20.9 Å². The molecule has 3 aliphatic heterocycles. The Morgan fingerprint density at radius 2 is 2.23 bits per heavy atom. The lowest BCUT2D eigenvalue weighted by atomic mass is 9.95. The topological polar surface area (TPSA) is 89.0 Å². The van der Waals surface area contributed by atoms with E-state index in [-0.39, 0.29) is 18.4 Å². The number of ether oxygens (including phenoxy) is 1. The Hall–Kier alpha value is 0.0700. The summed E-state index contributed by atoms with van der Waals surface area (Å²) in [5, 5.41) is 31.4. The van der Waals surface area contributed by atoms with E-state index in [0.717, 1.165) is 19.6 Å². The SMILES string of the molecule is CNC1NCNC2C1CCN2[C@@H]1O[C@H](CSC)[C@@](C)(O)[C@H]1O. The van der Waals surface area contributed by atoms with Crippen LogP contribution < -0.4 is 16.0 Å². The van der Waals surface area contributed by atoms with Crippen LogP contribution in [0.3, 0.4) is 0 Å². The Morgan fingerprint density at radius 3 is 2.91 bits per heavy atom. The molecule has 3 saturated heterocycles. The van der Waals surface area contributed by atoms with Crippen LogP contribution in [0, 0.1) is 5.92 Å². The molecule has 3 aliphatic rings. The highest BCUT2D eigenvalue weighted by molar-refractivity contribution is 7.98. The quantitative estimate of drug-likeness (QED) is 0.426. The molecule has 0 radical (unpaired) electrons. The second-order valence-corrected chi connectivity index (χ2v) is 7.54. The smallest absolute Gasteiger partial charge is 0.141 e. The third kappa shape index (κ3) is 2.69. The highest BCUT2D eigenvalue weighted by Crippen LogP contribution is 2.38. The van der Waals surface area contributed by atoms with Gasteiger partial charge in [0.1, 0.15) is 17.9 Å². The first-order chi connectivity index (χ1) is 10.5. The van der Waals surface area contributed by atoms with Gasteiger partial charge in [-0.1, -0.05) is 0 Å². The molecule has 0 aromatic carbocycles. The van der Waals surface area contributed by atoms with Crippen molar-refractivity contribution in [3.63, 3.8) is 0 Å². The molecule has 7 nitrogen and oxygen atoms in total. The molecule has 3 fully saturated rings. The zero-order valence-electron chi connectivity index (χ0n) is 13.5. The number of aliphatic hydroxyl groups is 2. The number of thioether (sulfide) groups is 1. The zero-order valence-corrected chi connectivity index (χ0v) is 14.3. The van der Waals surface area contributed by atoms with Crippen molar-refractivity contribution in [1.29, 1.82) is 0 Å². The summed E-state index contributed by atoms with van der Waals surface area (Å²) in [5.41, 5.74) is -1.21. The van der Waals surface area contributed by atoms with Gasteiger partial charge in [0, 0.05) is 24.9 Å². The molecule has 0 aliphatic carbocycles. The minimum atomic E-state index is -1.21. The van der Waals surface area contributed by atoms with Crippen LogP contribution in [0.25, 0.3) is 0 Å². The Labute approximate surface area is 136 Å². The van der Waals surface area contributed by atoms with Gasteiger partial charge in [0.05, 0.1) is 18.4 Å². The second-order valence-electron chi connectivity index (χ2n) is 6.63. The van der Waals surface area contributed by atoms with Crippen LogP contribution in [0.1, 0.15) is 13.3 Å². The van der Waals surface area contributed by atoms with Gasteiger partial charge in [-0.05, 0) is 26.6 Å². The molecule has 0 aromatic heterocycles. The normalized spacial score (nSPS) is 49.5. The van der Waals surface area contributed by atoms with Crippen molar-refractivity contribution in [2.75, 3.05) is 32.3 Å². The number of nitrogens with one attached hydrogen (secondary N) is 3. The van der Waals surface area contributed by atoms with Crippen molar-refractivity contribution in [2.45, 2.75) is 49.7 Å². The largest absolute Gasteiger partial charge is 0.386 e. The van der Waals surface area contributed by atoms with Crippen LogP contribution in [0.4, 0.5) is 0 Å². The fraction of sp³-hybridized carbons (Fsp3) is 1.00. The van der Waals surface area contributed by atoms with Gasteiger partial charge in [-0.3, -0.25) is 15.5 Å². The van der Waals surface area contributed by atoms with Crippen LogP contribution in [0.5, 0.6) is 0 Å². The molecular weight excluding hydrogens is 304 g/mol. The van der Waals surface area contributed by atoms with Crippen LogP contribution in [0.2, 0.25) is 0 Å². The molecule has 3 rings (SSSR count). The molecule has 5 N–H and O–H groups in total. The van der Waals surface area contributed by atoms with Crippen LogP contribution in [-0.2, 0) is 4.74 Å². The predicted octanol–water partition coefficient (Wildman–Crippen LogP) is -1.47. The number of fused-ring (bicyclic) bond motifs is 1. The lowest BCUT2D eigenvalue weighted by Crippen LogP contribution is -2.65. The third-order valence-electron chi connectivity index (χ3n) is 5.33. The highest BCUT2D eigenvalue weighted by atomic mass is 32.2. The fourth-order valence-electron chi connectivity index (χ4n) is 3.96. The fourth-order valence-corrected chi connectivity index (χ4v) is 4.68. The summed E-state index contributed by atoms with van der Waals surface area (Å²) in [7, 11) is 1.96. The summed E-state index contributed by atoms with van der Waals surface area (Å²) < 4.78 is 6.06. The molecule has 3 unspecified atom stereocenters. The minimum absolute atomic E-state index is 0.155. The first-order valence-electron chi connectivity index (χ1n) is 7.95. The standard InChI is InChI=1S/C14H28N4O3S/c1-14(20)9(6-22-3)21-13(10(14)19)18-5-4-8-11(15-2)16-7-17-12(8)18/h8-13,15-17,19-20H,4-7H2,1-3H3/t8?,9-,10+,11?,12?,13-,14-/m1/s1. The van der Waals surface area contributed by atoms with Gasteiger partial charge in [-0.25, -0.2) is 0 Å². The lowest BCUT2D eigenvalue weighted by molar-refractivity contribution is -0.105. The molecule has 7 atom stereocenters. The third-order valence-corrected chi connectivity index (χ3v) is 5.96. The zero-order chi connectivity index (χ0) is 15.9. The van der Waals surface area contributed by atoms with Crippen LogP contribution in [0.15, 0.2) is 0 Å². The van der Waals surface area contributed by atoms with E-state index in [9.17, 15) is 10.2 Å². The van der Waals surface area contributed by atoms with Gasteiger partial charge in [0.15, 0.2) is 0 Å². The van der Waals surface area contributed by atoms with Crippen molar-refractivity contribution < 1.29 is 14.9 Å². The monoisotopic (exact) mass is 332 g/mol. The summed E-state index contributed by atoms with van der Waals surface area (Å²) in [4.78, 5) is 2.18. The number of hydrogen-bond donors (Lipinski definition) is 5. The predicted molar refractivity (Wildman–Crippen MR) is 86.3 cm³/mol. The Morgan fingerprint density at radius 1 is 1.45 bits per heavy atom. The number of hydrogen-bond acceptors (Lipinski definition) is 8. The molecule has 0 spiro atoms. The van der Waals surface area contributed by atoms with Crippen molar-refractivity contribution in [3.8, 4) is 0 Å². The van der Waals surface area contributed by atoms with E-state index in [4.69, 9.17) is 4.74 Å². The van der Waals surface area contributed by atoms with Crippen molar-refractivity contribution in [3.05, 3.63) is 0 Å². The van der Waals surface area contributed by atoms with Crippen molar-refractivity contribution in [2.24, 2.45) is 5.92 Å². The van der Waals surface area contributed by atoms with E-state index >= 15 is 0 Å². The number of likely N-dealkylation sites (tertiary alicyclic amines) is 1. The van der Waals surface area contributed by atoms with Gasteiger partial charge in [-0.15, -0.1) is 0 Å². The summed E-state index contributed by atoms with van der Waals surface area (Å²) in [6.07, 6.45) is 1.73. The second kappa shape index (κ2) is 6.52. The molecule has 0 amide bonds. The molecule has 22 heavy (non-hydrogen) atoms.